The van der Waals surface area contributed by atoms with Gasteiger partial charge in [0.2, 0.25) is 0 Å². The van der Waals surface area contributed by atoms with Crippen LogP contribution in [0, 0.1) is 13.8 Å². The zero-order valence-corrected chi connectivity index (χ0v) is 37.3. The quantitative estimate of drug-likeness (QED) is 0.235. The molecule has 17 heteroatoms. The Labute approximate surface area is 372 Å². The zero-order valence-electron chi connectivity index (χ0n) is 37.3. The molecule has 2 atom stereocenters. The molecule has 64 heavy (non-hydrogen) atoms. The molecule has 0 radical (unpaired) electrons. The Morgan fingerprint density at radius 1 is 0.641 bits per heavy atom. The summed E-state index contributed by atoms with van der Waals surface area (Å²) in [6, 6.07) is 15.9. The number of pyridine rings is 2. The zero-order chi connectivity index (χ0) is 44.5. The largest absolute Gasteiger partial charge is 0.400 e. The summed E-state index contributed by atoms with van der Waals surface area (Å²) in [7, 11) is 3.15. The van der Waals surface area contributed by atoms with Crippen LogP contribution in [0.1, 0.15) is 57.9 Å². The van der Waals surface area contributed by atoms with Crippen LogP contribution >= 0.6 is 0 Å². The molecular weight excluding hydrogens is 809 g/mol. The van der Waals surface area contributed by atoms with Crippen molar-refractivity contribution in [3.8, 4) is 22.8 Å². The molecule has 0 unspecified atom stereocenters. The minimum Gasteiger partial charge on any atom is -0.400 e. The Hall–Kier alpha value is -6.56. The second kappa shape index (κ2) is 19.0. The van der Waals surface area contributed by atoms with E-state index in [1.54, 1.807) is 20.9 Å². The molecule has 10 rings (SSSR count). The maximum atomic E-state index is 13.0. The lowest BCUT2D eigenvalue weighted by molar-refractivity contribution is 0.234. The fourth-order valence-corrected chi connectivity index (χ4v) is 8.41. The van der Waals surface area contributed by atoms with Crippen LogP contribution in [0.25, 0.3) is 45.1 Å². The topological polar surface area (TPSA) is 171 Å². The van der Waals surface area contributed by atoms with Crippen molar-refractivity contribution in [1.29, 1.82) is 0 Å². The number of nitrogens with zero attached hydrogens (tertiary/aromatic N) is 13. The highest BCUT2D eigenvalue weighted by Gasteiger charge is 2.22. The average Bonchev–Trinajstić information content (AvgIpc) is 3.92. The standard InChI is InChI=1S/C23H27N7O.C22H25N7O.CH4O.CH4/c1-5-18-21-10-20(26-30(21)12-15(2)24-18)19-11-23(31)29-14-17(6-7-22(29)25-19)28-9-8-27(4)16(3)13-28;1-4-17-20-9-19(26-29(20)12-15(3)24-17)18-10-22(30)28-13-16(5-6-21(28)25-18)27-8-7-23-14(2)11-27;1-2;/h6-7,10-12,14,16H,5,8-9,13H2,1-4H3;5-6,9-10,12-14,23H,4,7-8,11H2,1-3H3;2H,1H3;1H4/t16-;14-;;/m11../s1. The highest BCUT2D eigenvalue weighted by atomic mass is 16.2. The normalized spacial score (nSPS) is 16.7. The molecule has 2 saturated heterocycles. The third-order valence-electron chi connectivity index (χ3n) is 11.8. The van der Waals surface area contributed by atoms with Crippen molar-refractivity contribution in [1.82, 2.24) is 58.2 Å². The van der Waals surface area contributed by atoms with Crippen LogP contribution in [0.15, 0.2) is 82.9 Å². The van der Waals surface area contributed by atoms with Crippen molar-refractivity contribution in [3.05, 3.63) is 117 Å². The number of aliphatic hydroxyl groups excluding tert-OH is 1. The predicted molar refractivity (Wildman–Crippen MR) is 254 cm³/mol. The summed E-state index contributed by atoms with van der Waals surface area (Å²) in [6.07, 6.45) is 9.22. The van der Waals surface area contributed by atoms with Crippen molar-refractivity contribution < 1.29 is 5.11 Å². The summed E-state index contributed by atoms with van der Waals surface area (Å²) in [5, 5.41) is 19.8. The van der Waals surface area contributed by atoms with Crippen LogP contribution in [-0.2, 0) is 12.8 Å². The van der Waals surface area contributed by atoms with Gasteiger partial charge in [0.25, 0.3) is 11.1 Å². The van der Waals surface area contributed by atoms with E-state index in [1.807, 2.05) is 78.0 Å². The van der Waals surface area contributed by atoms with Crippen molar-refractivity contribution >= 4 is 33.7 Å². The molecule has 0 aromatic carbocycles. The highest BCUT2D eigenvalue weighted by Crippen LogP contribution is 2.24. The van der Waals surface area contributed by atoms with E-state index in [0.717, 1.165) is 104 Å². The Balaban J connectivity index is 0.000000182. The maximum Gasteiger partial charge on any atom is 0.258 e. The number of fused-ring (bicyclic) bond motifs is 4. The van der Waals surface area contributed by atoms with E-state index in [9.17, 15) is 9.59 Å². The lowest BCUT2D eigenvalue weighted by Crippen LogP contribution is -2.50. The van der Waals surface area contributed by atoms with Gasteiger partial charge in [0, 0.05) is 83.0 Å². The Bertz CT molecular complexity index is 3060. The Kier molecular flexibility index (Phi) is 13.5. The van der Waals surface area contributed by atoms with Gasteiger partial charge in [0.1, 0.15) is 22.7 Å². The number of rotatable bonds is 6. The van der Waals surface area contributed by atoms with Gasteiger partial charge < -0.3 is 25.1 Å². The molecule has 17 nitrogen and oxygen atoms in total. The first kappa shape index (κ1) is 45.5. The van der Waals surface area contributed by atoms with Crippen LogP contribution in [0.4, 0.5) is 11.4 Å². The number of hydrogen-bond acceptors (Lipinski definition) is 13. The molecule has 0 bridgehead atoms. The molecule has 2 fully saturated rings. The maximum absolute atomic E-state index is 13.0. The van der Waals surface area contributed by atoms with Crippen molar-refractivity contribution in [2.75, 3.05) is 63.2 Å². The summed E-state index contributed by atoms with van der Waals surface area (Å²) < 4.78 is 6.90. The van der Waals surface area contributed by atoms with Crippen LogP contribution in [0.5, 0.6) is 0 Å². The number of aryl methyl sites for hydroxylation is 4. The highest BCUT2D eigenvalue weighted by molar-refractivity contribution is 5.68. The molecule has 2 N–H and O–H groups in total. The summed E-state index contributed by atoms with van der Waals surface area (Å²) >= 11 is 0. The number of piperazine rings is 2. The first-order chi connectivity index (χ1) is 30.4. The number of anilines is 2. The van der Waals surface area contributed by atoms with E-state index in [2.05, 4.69) is 81.0 Å². The van der Waals surface area contributed by atoms with E-state index < -0.39 is 0 Å². The molecule has 0 aliphatic carbocycles. The SMILES string of the molecule is C.CCc1nc(C)cn2nc(-c3cc(=O)n4cc(N5CCN(C)[C@H](C)C5)ccc4n3)cc12.CCc1nc(C)cn2nc(-c3cc(=O)n4cc(N5CCN[C@H](C)C5)ccc4n3)cc12.CO. The van der Waals surface area contributed by atoms with Crippen molar-refractivity contribution in [2.45, 2.75) is 73.9 Å². The number of aromatic nitrogens is 10. The molecule has 2 aliphatic rings. The van der Waals surface area contributed by atoms with E-state index in [1.165, 1.54) is 0 Å². The number of aliphatic hydroxyl groups is 1. The monoisotopic (exact) mass is 868 g/mol. The second-order valence-corrected chi connectivity index (χ2v) is 16.4. The summed E-state index contributed by atoms with van der Waals surface area (Å²) in [5.74, 6) is 0. The smallest absolute Gasteiger partial charge is 0.258 e. The fourth-order valence-electron chi connectivity index (χ4n) is 8.41. The van der Waals surface area contributed by atoms with E-state index >= 15 is 0 Å². The second-order valence-electron chi connectivity index (χ2n) is 16.4. The van der Waals surface area contributed by atoms with Gasteiger partial charge in [-0.25, -0.2) is 19.0 Å². The molecule has 0 amide bonds. The van der Waals surface area contributed by atoms with Crippen molar-refractivity contribution in [2.24, 2.45) is 0 Å². The first-order valence-electron chi connectivity index (χ1n) is 21.6. The van der Waals surface area contributed by atoms with Crippen molar-refractivity contribution in [3.63, 3.8) is 0 Å². The molecule has 2 aliphatic heterocycles. The number of nitrogens with one attached hydrogen (secondary N) is 1. The van der Waals surface area contributed by atoms with Gasteiger partial charge in [-0.15, -0.1) is 0 Å². The Morgan fingerprint density at radius 3 is 1.58 bits per heavy atom. The number of hydrogen-bond donors (Lipinski definition) is 2. The molecule has 0 saturated carbocycles. The van der Waals surface area contributed by atoms with Gasteiger partial charge in [-0.2, -0.15) is 10.2 Å². The molecular formula is C47H60N14O3. The van der Waals surface area contributed by atoms with Gasteiger partial charge in [0.15, 0.2) is 0 Å². The lowest BCUT2D eigenvalue weighted by Gasteiger charge is -2.39. The first-order valence-corrected chi connectivity index (χ1v) is 21.6. The predicted octanol–water partition coefficient (Wildman–Crippen LogP) is 4.73. The lowest BCUT2D eigenvalue weighted by atomic mass is 10.2. The third-order valence-corrected chi connectivity index (χ3v) is 11.8. The minimum atomic E-state index is -0.109. The van der Waals surface area contributed by atoms with Crippen LogP contribution in [-0.4, -0.2) is 123 Å². The van der Waals surface area contributed by atoms with Gasteiger partial charge in [-0.3, -0.25) is 28.4 Å². The van der Waals surface area contributed by atoms with E-state index in [4.69, 9.17) is 15.1 Å². The summed E-state index contributed by atoms with van der Waals surface area (Å²) in [5.41, 5.74) is 11.3. The minimum absolute atomic E-state index is 0. The summed E-state index contributed by atoms with van der Waals surface area (Å²) in [4.78, 5) is 51.5. The Morgan fingerprint density at radius 2 is 1.12 bits per heavy atom. The van der Waals surface area contributed by atoms with Gasteiger partial charge in [-0.1, -0.05) is 21.3 Å². The van der Waals surface area contributed by atoms with Crippen LogP contribution < -0.4 is 26.2 Å². The van der Waals surface area contributed by atoms with Crippen LogP contribution in [0.3, 0.4) is 0 Å². The van der Waals surface area contributed by atoms with Gasteiger partial charge >= 0.3 is 0 Å². The van der Waals surface area contributed by atoms with E-state index in [-0.39, 0.29) is 18.5 Å². The average molecular weight is 869 g/mol. The molecule has 8 aromatic rings. The molecule has 336 valence electrons. The van der Waals surface area contributed by atoms with E-state index in [0.29, 0.717) is 46.2 Å². The fraction of sp³-hybridized carbons (Fsp3) is 0.404. The number of likely N-dealkylation sites (N-methyl/N-ethyl adjacent to an activating group) is 1. The summed E-state index contributed by atoms with van der Waals surface area (Å²) in [6.45, 7) is 18.1. The van der Waals surface area contributed by atoms with Crippen LogP contribution in [0.2, 0.25) is 0 Å². The molecule has 10 heterocycles. The molecule has 0 spiro atoms. The van der Waals surface area contributed by atoms with Gasteiger partial charge in [-0.05, 0) is 84.0 Å². The van der Waals surface area contributed by atoms with Gasteiger partial charge in [0.05, 0.1) is 69.0 Å². The molecule has 8 aromatic heterocycles. The third kappa shape index (κ3) is 9.09.